The first-order chi connectivity index (χ1) is 13.3. The van der Waals surface area contributed by atoms with Crippen molar-refractivity contribution in [1.29, 1.82) is 0 Å². The molecule has 4 rings (SSSR count). The highest BCUT2D eigenvalue weighted by atomic mass is 79.9. The lowest BCUT2D eigenvalue weighted by atomic mass is 10.1. The average molecular weight is 468 g/mol. The predicted octanol–water partition coefficient (Wildman–Crippen LogP) is 6.58. The largest absolute Gasteiger partial charge is 0.433 e. The highest BCUT2D eigenvalue weighted by Gasteiger charge is 2.37. The van der Waals surface area contributed by atoms with Crippen molar-refractivity contribution in [2.75, 3.05) is 0 Å². The highest BCUT2D eigenvalue weighted by Crippen LogP contribution is 2.35. The molecule has 0 fully saturated rings. The van der Waals surface area contributed by atoms with Crippen LogP contribution in [0.5, 0.6) is 0 Å². The smallest absolute Gasteiger partial charge is 0.218 e. The topological polar surface area (TPSA) is 30.7 Å². The second-order valence-electron chi connectivity index (χ2n) is 5.85. The number of nitrogens with zero attached hydrogens (tertiary/aromatic N) is 3. The summed E-state index contributed by atoms with van der Waals surface area (Å²) in [6, 6.07) is 13.4. The normalized spacial score (nSPS) is 11.8. The van der Waals surface area contributed by atoms with Gasteiger partial charge in [0.2, 0.25) is 5.13 Å². The van der Waals surface area contributed by atoms with Crippen molar-refractivity contribution < 1.29 is 17.6 Å². The second-order valence-corrected chi connectivity index (χ2v) is 7.61. The van der Waals surface area contributed by atoms with E-state index >= 15 is 0 Å². The van der Waals surface area contributed by atoms with Gasteiger partial charge >= 0.3 is 6.18 Å². The number of hydrogen-bond acceptors (Lipinski definition) is 3. The molecule has 4 aromatic rings. The Labute approximate surface area is 169 Å². The molecule has 0 unspecified atom stereocenters. The van der Waals surface area contributed by atoms with Crippen molar-refractivity contribution >= 4 is 27.3 Å². The van der Waals surface area contributed by atoms with E-state index in [2.05, 4.69) is 26.0 Å². The maximum absolute atomic E-state index is 13.6. The van der Waals surface area contributed by atoms with Gasteiger partial charge in [0, 0.05) is 21.0 Å². The summed E-state index contributed by atoms with van der Waals surface area (Å²) in [7, 11) is 0. The van der Waals surface area contributed by atoms with Crippen LogP contribution in [0.25, 0.3) is 27.6 Å². The Morgan fingerprint density at radius 3 is 2.14 bits per heavy atom. The van der Waals surface area contributed by atoms with Gasteiger partial charge in [0.05, 0.1) is 11.4 Å². The van der Waals surface area contributed by atoms with E-state index in [1.807, 2.05) is 0 Å². The molecule has 2 aromatic heterocycles. The minimum Gasteiger partial charge on any atom is -0.218 e. The molecule has 0 aliphatic rings. The van der Waals surface area contributed by atoms with Gasteiger partial charge in [-0.3, -0.25) is 0 Å². The summed E-state index contributed by atoms with van der Waals surface area (Å²) >= 11 is 4.33. The molecule has 0 amide bonds. The Morgan fingerprint density at radius 1 is 0.893 bits per heavy atom. The van der Waals surface area contributed by atoms with E-state index in [0.29, 0.717) is 16.8 Å². The zero-order valence-corrected chi connectivity index (χ0v) is 16.3. The molecular formula is C19H10BrF4N3S. The molecule has 0 aliphatic carbocycles. The van der Waals surface area contributed by atoms with Crippen LogP contribution in [0.4, 0.5) is 17.6 Å². The van der Waals surface area contributed by atoms with Gasteiger partial charge < -0.3 is 0 Å². The van der Waals surface area contributed by atoms with Crippen LogP contribution in [0, 0.1) is 5.82 Å². The van der Waals surface area contributed by atoms with Gasteiger partial charge in [0.25, 0.3) is 0 Å². The molecule has 142 valence electrons. The highest BCUT2D eigenvalue weighted by molar-refractivity contribution is 9.10. The van der Waals surface area contributed by atoms with Gasteiger partial charge in [-0.2, -0.15) is 18.3 Å². The Morgan fingerprint density at radius 2 is 1.50 bits per heavy atom. The van der Waals surface area contributed by atoms with E-state index in [0.717, 1.165) is 26.6 Å². The first-order valence-corrected chi connectivity index (χ1v) is 9.63. The van der Waals surface area contributed by atoms with Crippen LogP contribution in [-0.2, 0) is 6.18 Å². The molecule has 28 heavy (non-hydrogen) atoms. The zero-order chi connectivity index (χ0) is 19.9. The number of thiazole rings is 1. The third kappa shape index (κ3) is 3.72. The number of halogens is 5. The van der Waals surface area contributed by atoms with E-state index in [-0.39, 0.29) is 10.8 Å². The van der Waals surface area contributed by atoms with Crippen molar-refractivity contribution in [3.63, 3.8) is 0 Å². The monoisotopic (exact) mass is 467 g/mol. The SMILES string of the molecule is Fc1ccc(-c2csc(-n3nc(-c4ccc(Br)cc4)cc3C(F)(F)F)n2)cc1. The van der Waals surface area contributed by atoms with Crippen molar-refractivity contribution in [2.24, 2.45) is 0 Å². The van der Waals surface area contributed by atoms with Crippen LogP contribution in [0.2, 0.25) is 0 Å². The molecule has 0 bridgehead atoms. The van der Waals surface area contributed by atoms with Crippen LogP contribution < -0.4 is 0 Å². The Hall–Kier alpha value is -2.52. The fraction of sp³-hybridized carbons (Fsp3) is 0.0526. The van der Waals surface area contributed by atoms with E-state index < -0.39 is 17.7 Å². The maximum Gasteiger partial charge on any atom is 0.433 e. The summed E-state index contributed by atoms with van der Waals surface area (Å²) in [5.41, 5.74) is 0.901. The lowest BCUT2D eigenvalue weighted by molar-refractivity contribution is -0.142. The fourth-order valence-electron chi connectivity index (χ4n) is 2.61. The first-order valence-electron chi connectivity index (χ1n) is 7.96. The molecule has 0 saturated carbocycles. The molecule has 3 nitrogen and oxygen atoms in total. The summed E-state index contributed by atoms with van der Waals surface area (Å²) in [6.07, 6.45) is -4.59. The van der Waals surface area contributed by atoms with Crippen molar-refractivity contribution in [1.82, 2.24) is 14.8 Å². The third-order valence-corrected chi connectivity index (χ3v) is 5.30. The van der Waals surface area contributed by atoms with E-state index in [1.54, 1.807) is 29.6 Å². The van der Waals surface area contributed by atoms with E-state index in [1.165, 1.54) is 24.3 Å². The number of rotatable bonds is 3. The van der Waals surface area contributed by atoms with Gasteiger partial charge in [0.1, 0.15) is 5.82 Å². The summed E-state index contributed by atoms with van der Waals surface area (Å²) in [6.45, 7) is 0. The summed E-state index contributed by atoms with van der Waals surface area (Å²) < 4.78 is 55.4. The van der Waals surface area contributed by atoms with Gasteiger partial charge in [-0.15, -0.1) is 11.3 Å². The minimum absolute atomic E-state index is 0.0787. The lowest BCUT2D eigenvalue weighted by Gasteiger charge is -2.07. The molecule has 0 saturated heterocycles. The van der Waals surface area contributed by atoms with Crippen LogP contribution in [0.15, 0.2) is 64.5 Å². The van der Waals surface area contributed by atoms with Crippen LogP contribution in [-0.4, -0.2) is 14.8 Å². The number of alkyl halides is 3. The molecule has 0 atom stereocenters. The van der Waals surface area contributed by atoms with Crippen molar-refractivity contribution in [3.8, 4) is 27.6 Å². The number of benzene rings is 2. The molecule has 2 heterocycles. The summed E-state index contributed by atoms with van der Waals surface area (Å²) in [4.78, 5) is 4.26. The van der Waals surface area contributed by atoms with E-state index in [4.69, 9.17) is 0 Å². The summed E-state index contributed by atoms with van der Waals surface area (Å²) in [5, 5.41) is 5.83. The quantitative estimate of drug-likeness (QED) is 0.318. The average Bonchev–Trinajstić information content (AvgIpc) is 3.30. The fourth-order valence-corrected chi connectivity index (χ4v) is 3.67. The molecule has 0 N–H and O–H groups in total. The number of hydrogen-bond donors (Lipinski definition) is 0. The minimum atomic E-state index is -4.59. The van der Waals surface area contributed by atoms with Crippen molar-refractivity contribution in [2.45, 2.75) is 6.18 Å². The van der Waals surface area contributed by atoms with Gasteiger partial charge in [0.15, 0.2) is 5.69 Å². The zero-order valence-electron chi connectivity index (χ0n) is 13.9. The van der Waals surface area contributed by atoms with Gasteiger partial charge in [-0.1, -0.05) is 28.1 Å². The van der Waals surface area contributed by atoms with E-state index in [9.17, 15) is 17.6 Å². The second kappa shape index (κ2) is 7.14. The van der Waals surface area contributed by atoms with Crippen LogP contribution in [0.3, 0.4) is 0 Å². The van der Waals surface area contributed by atoms with Crippen molar-refractivity contribution in [3.05, 3.63) is 76.0 Å². The molecule has 9 heteroatoms. The lowest BCUT2D eigenvalue weighted by Crippen LogP contribution is -2.13. The Kier molecular flexibility index (Phi) is 4.80. The Bertz CT molecular complexity index is 1120. The summed E-state index contributed by atoms with van der Waals surface area (Å²) in [5.74, 6) is -0.398. The molecule has 0 spiro atoms. The van der Waals surface area contributed by atoms with Gasteiger partial charge in [-0.05, 0) is 42.5 Å². The van der Waals surface area contributed by atoms with Gasteiger partial charge in [-0.25, -0.2) is 14.1 Å². The van der Waals surface area contributed by atoms with Crippen LogP contribution in [0.1, 0.15) is 5.69 Å². The molecule has 0 aliphatic heterocycles. The number of aromatic nitrogens is 3. The maximum atomic E-state index is 13.6. The molecular weight excluding hydrogens is 458 g/mol. The third-order valence-electron chi connectivity index (χ3n) is 3.95. The molecule has 0 radical (unpaired) electrons. The molecule has 2 aromatic carbocycles. The predicted molar refractivity (Wildman–Crippen MR) is 103 cm³/mol. The first kappa shape index (κ1) is 18.8. The Balaban J connectivity index is 1.78. The van der Waals surface area contributed by atoms with Crippen LogP contribution >= 0.6 is 27.3 Å². The standard InChI is InChI=1S/C19H10BrF4N3S/c20-13-5-1-11(2-6-13)15-9-17(19(22,23)24)27(26-15)18-25-16(10-28-18)12-3-7-14(21)8-4-12/h1-10H.